The van der Waals surface area contributed by atoms with E-state index in [1.165, 1.54) is 11.1 Å². The van der Waals surface area contributed by atoms with Crippen LogP contribution in [-0.4, -0.2) is 30.6 Å². The molecule has 138 valence electrons. The summed E-state index contributed by atoms with van der Waals surface area (Å²) in [6.07, 6.45) is 5.90. The summed E-state index contributed by atoms with van der Waals surface area (Å²) < 4.78 is 5.58. The normalized spacial score (nSPS) is 16.2. The topological polar surface area (TPSA) is 51.2 Å². The molecule has 1 aromatic heterocycles. The second-order valence-electron chi connectivity index (χ2n) is 7.21. The third kappa shape index (κ3) is 4.92. The molecule has 1 fully saturated rings. The van der Waals surface area contributed by atoms with Gasteiger partial charge in [-0.15, -0.1) is 0 Å². The van der Waals surface area contributed by atoms with Crippen LogP contribution in [0, 0.1) is 6.92 Å². The molecule has 1 N–H and O–H groups in total. The molecule has 0 spiro atoms. The quantitative estimate of drug-likeness (QED) is 0.829. The highest BCUT2D eigenvalue weighted by Crippen LogP contribution is 2.34. The van der Waals surface area contributed by atoms with E-state index < -0.39 is 0 Å². The summed E-state index contributed by atoms with van der Waals surface area (Å²) in [4.78, 5) is 16.7. The number of nitrogens with one attached hydrogen (secondary N) is 1. The van der Waals surface area contributed by atoms with Gasteiger partial charge in [0.2, 0.25) is 5.91 Å². The second kappa shape index (κ2) is 8.95. The number of hydrogen-bond donors (Lipinski definition) is 1. The van der Waals surface area contributed by atoms with Gasteiger partial charge in [-0.3, -0.25) is 9.78 Å². The number of amides is 1. The van der Waals surface area contributed by atoms with Crippen LogP contribution in [0.3, 0.4) is 0 Å². The highest BCUT2D eigenvalue weighted by atomic mass is 16.5. The average molecular weight is 352 g/mol. The van der Waals surface area contributed by atoms with E-state index in [2.05, 4.69) is 41.5 Å². The summed E-state index contributed by atoms with van der Waals surface area (Å²) >= 11 is 0. The predicted octanol–water partition coefficient (Wildman–Crippen LogP) is 3.58. The number of nitrogens with zero attached hydrogens (tertiary/aromatic N) is 1. The number of pyridine rings is 1. The van der Waals surface area contributed by atoms with E-state index in [0.29, 0.717) is 13.0 Å². The first-order valence-electron chi connectivity index (χ1n) is 9.49. The molecule has 4 heteroatoms. The minimum atomic E-state index is -0.0130. The molecule has 1 aliphatic rings. The number of aryl methyl sites for hydroxylation is 2. The van der Waals surface area contributed by atoms with Gasteiger partial charge in [0.15, 0.2) is 0 Å². The molecule has 0 atom stereocenters. The van der Waals surface area contributed by atoms with Crippen molar-refractivity contribution in [2.75, 3.05) is 19.8 Å². The molecular weight excluding hydrogens is 324 g/mol. The smallest absolute Gasteiger partial charge is 0.220 e. The van der Waals surface area contributed by atoms with Crippen LogP contribution >= 0.6 is 0 Å². The van der Waals surface area contributed by atoms with Gasteiger partial charge in [0.25, 0.3) is 0 Å². The standard InChI is InChI=1S/C22H28N2O2/c1-18-6-4-7-19(16-18)22(11-14-26-15-12-22)17-24-21(25)10-5-9-20-8-2-3-13-23-20/h2-4,6-8,13,16H,5,9-12,14-15,17H2,1H3,(H,24,25). The van der Waals surface area contributed by atoms with Gasteiger partial charge in [0, 0.05) is 43.5 Å². The summed E-state index contributed by atoms with van der Waals surface area (Å²) in [7, 11) is 0. The van der Waals surface area contributed by atoms with Gasteiger partial charge in [0.05, 0.1) is 0 Å². The fourth-order valence-electron chi connectivity index (χ4n) is 3.64. The minimum absolute atomic E-state index is 0.0130. The van der Waals surface area contributed by atoms with Crippen molar-refractivity contribution in [1.29, 1.82) is 0 Å². The van der Waals surface area contributed by atoms with Crippen LogP contribution in [-0.2, 0) is 21.4 Å². The van der Waals surface area contributed by atoms with Crippen molar-refractivity contribution < 1.29 is 9.53 Å². The lowest BCUT2D eigenvalue weighted by atomic mass is 9.73. The predicted molar refractivity (Wildman–Crippen MR) is 103 cm³/mol. The number of rotatable bonds is 7. The SMILES string of the molecule is Cc1cccc(C2(CNC(=O)CCCc3ccccn3)CCOCC2)c1. The van der Waals surface area contributed by atoms with Gasteiger partial charge in [-0.2, -0.15) is 0 Å². The summed E-state index contributed by atoms with van der Waals surface area (Å²) in [6.45, 7) is 4.31. The first-order chi connectivity index (χ1) is 12.7. The Morgan fingerprint density at radius 1 is 1.19 bits per heavy atom. The van der Waals surface area contributed by atoms with Gasteiger partial charge in [-0.05, 0) is 50.3 Å². The first-order valence-corrected chi connectivity index (χ1v) is 9.49. The maximum absolute atomic E-state index is 12.4. The van der Waals surface area contributed by atoms with Crippen LogP contribution in [0.1, 0.15) is 42.5 Å². The lowest BCUT2D eigenvalue weighted by molar-refractivity contribution is -0.121. The fourth-order valence-corrected chi connectivity index (χ4v) is 3.64. The molecule has 1 aliphatic heterocycles. The zero-order chi connectivity index (χ0) is 18.2. The highest BCUT2D eigenvalue weighted by Gasteiger charge is 2.34. The summed E-state index contributed by atoms with van der Waals surface area (Å²) in [5.41, 5.74) is 3.60. The Hall–Kier alpha value is -2.20. The molecule has 0 saturated carbocycles. The van der Waals surface area contributed by atoms with E-state index in [1.54, 1.807) is 6.20 Å². The zero-order valence-corrected chi connectivity index (χ0v) is 15.5. The highest BCUT2D eigenvalue weighted by molar-refractivity contribution is 5.76. The lowest BCUT2D eigenvalue weighted by Gasteiger charge is -2.38. The Bertz CT molecular complexity index is 709. The van der Waals surface area contributed by atoms with E-state index in [0.717, 1.165) is 44.6 Å². The third-order valence-corrected chi connectivity index (χ3v) is 5.27. The van der Waals surface area contributed by atoms with Crippen LogP contribution in [0.2, 0.25) is 0 Å². The van der Waals surface area contributed by atoms with Gasteiger partial charge in [-0.1, -0.05) is 35.9 Å². The van der Waals surface area contributed by atoms with Crippen molar-refractivity contribution in [3.05, 3.63) is 65.5 Å². The number of aromatic nitrogens is 1. The van der Waals surface area contributed by atoms with Crippen LogP contribution in [0.4, 0.5) is 0 Å². The molecule has 0 bridgehead atoms. The number of hydrogen-bond acceptors (Lipinski definition) is 3. The van der Waals surface area contributed by atoms with Gasteiger partial charge in [0.1, 0.15) is 0 Å². The van der Waals surface area contributed by atoms with E-state index in [9.17, 15) is 4.79 Å². The Kier molecular flexibility index (Phi) is 6.40. The van der Waals surface area contributed by atoms with Gasteiger partial charge in [-0.25, -0.2) is 0 Å². The number of carbonyl (C=O) groups excluding carboxylic acids is 1. The van der Waals surface area contributed by atoms with Crippen molar-refractivity contribution in [3.63, 3.8) is 0 Å². The molecule has 3 rings (SSSR count). The number of benzene rings is 1. The Balaban J connectivity index is 1.55. The number of ether oxygens (including phenoxy) is 1. The first kappa shape index (κ1) is 18.6. The molecule has 26 heavy (non-hydrogen) atoms. The van der Waals surface area contributed by atoms with E-state index in [4.69, 9.17) is 4.74 Å². The maximum atomic E-state index is 12.4. The Labute approximate surface area is 156 Å². The molecule has 0 unspecified atom stereocenters. The van der Waals surface area contributed by atoms with E-state index in [1.807, 2.05) is 18.2 Å². The number of carbonyl (C=O) groups is 1. The summed E-state index contributed by atoms with van der Waals surface area (Å²) in [5.74, 6) is 0.124. The van der Waals surface area contributed by atoms with Crippen molar-refractivity contribution in [3.8, 4) is 0 Å². The van der Waals surface area contributed by atoms with Crippen LogP contribution < -0.4 is 5.32 Å². The van der Waals surface area contributed by atoms with Crippen molar-refractivity contribution in [1.82, 2.24) is 10.3 Å². The fraction of sp³-hybridized carbons (Fsp3) is 0.455. The minimum Gasteiger partial charge on any atom is -0.381 e. The van der Waals surface area contributed by atoms with Crippen molar-refractivity contribution >= 4 is 5.91 Å². The maximum Gasteiger partial charge on any atom is 0.220 e. The van der Waals surface area contributed by atoms with Gasteiger partial charge >= 0.3 is 0 Å². The summed E-state index contributed by atoms with van der Waals surface area (Å²) in [6, 6.07) is 14.6. The second-order valence-corrected chi connectivity index (χ2v) is 7.21. The van der Waals surface area contributed by atoms with Gasteiger partial charge < -0.3 is 10.1 Å². The third-order valence-electron chi connectivity index (χ3n) is 5.27. The molecule has 4 nitrogen and oxygen atoms in total. The van der Waals surface area contributed by atoms with Crippen molar-refractivity contribution in [2.45, 2.75) is 44.4 Å². The Morgan fingerprint density at radius 2 is 2.04 bits per heavy atom. The lowest BCUT2D eigenvalue weighted by Crippen LogP contribution is -2.44. The zero-order valence-electron chi connectivity index (χ0n) is 15.5. The molecule has 2 aromatic rings. The molecular formula is C22H28N2O2. The van der Waals surface area contributed by atoms with Crippen LogP contribution in [0.25, 0.3) is 0 Å². The van der Waals surface area contributed by atoms with Crippen LogP contribution in [0.5, 0.6) is 0 Å². The van der Waals surface area contributed by atoms with E-state index >= 15 is 0 Å². The monoisotopic (exact) mass is 352 g/mol. The summed E-state index contributed by atoms with van der Waals surface area (Å²) in [5, 5.41) is 3.18. The molecule has 0 aliphatic carbocycles. The van der Waals surface area contributed by atoms with Crippen LogP contribution in [0.15, 0.2) is 48.7 Å². The Morgan fingerprint density at radius 3 is 2.77 bits per heavy atom. The molecule has 0 radical (unpaired) electrons. The molecule has 2 heterocycles. The molecule has 1 amide bonds. The van der Waals surface area contributed by atoms with E-state index in [-0.39, 0.29) is 11.3 Å². The average Bonchev–Trinajstić information content (AvgIpc) is 2.68. The largest absolute Gasteiger partial charge is 0.381 e. The molecule has 1 saturated heterocycles. The molecule has 1 aromatic carbocycles. The van der Waals surface area contributed by atoms with Crippen molar-refractivity contribution in [2.24, 2.45) is 0 Å².